The molecule has 0 spiro atoms. The number of nitrogens with zero attached hydrogens (tertiary/aromatic N) is 3. The Hall–Kier alpha value is -3.72. The Morgan fingerprint density at radius 1 is 1.19 bits per heavy atom. The van der Waals surface area contributed by atoms with Crippen molar-refractivity contribution in [3.05, 3.63) is 74.8 Å². The number of amides is 1. The minimum absolute atomic E-state index is 0.0489. The number of hydrogen-bond donors (Lipinski definition) is 1. The van der Waals surface area contributed by atoms with Gasteiger partial charge in [0.25, 0.3) is 17.4 Å². The van der Waals surface area contributed by atoms with Crippen LogP contribution in [0.5, 0.6) is 5.75 Å². The number of likely N-dealkylation sites (N-methyl/N-ethyl adjacent to an activating group) is 1. The molecule has 1 N–H and O–H groups in total. The Labute approximate surface area is 185 Å². The van der Waals surface area contributed by atoms with E-state index in [1.165, 1.54) is 36.3 Å². The van der Waals surface area contributed by atoms with E-state index in [1.54, 1.807) is 25.1 Å². The summed E-state index contributed by atoms with van der Waals surface area (Å²) in [5.41, 5.74) is 1.48. The number of aliphatic hydroxyl groups is 1. The minimum atomic E-state index is -0.863. The van der Waals surface area contributed by atoms with Gasteiger partial charge in [-0.1, -0.05) is 0 Å². The van der Waals surface area contributed by atoms with Crippen LogP contribution in [0.15, 0.2) is 48.0 Å². The fourth-order valence-electron chi connectivity index (χ4n) is 3.72. The van der Waals surface area contributed by atoms with Gasteiger partial charge in [-0.3, -0.25) is 19.7 Å². The lowest BCUT2D eigenvalue weighted by atomic mass is 9.94. The third kappa shape index (κ3) is 4.33. The minimum Gasteiger partial charge on any atom is -0.507 e. The van der Waals surface area contributed by atoms with Gasteiger partial charge < -0.3 is 19.6 Å². The van der Waals surface area contributed by atoms with Gasteiger partial charge in [-0.25, -0.2) is 0 Å². The number of aryl methyl sites for hydroxylation is 1. The zero-order valence-corrected chi connectivity index (χ0v) is 18.4. The van der Waals surface area contributed by atoms with Crippen molar-refractivity contribution in [2.45, 2.75) is 13.0 Å². The Bertz CT molecular complexity index is 1090. The maximum Gasteiger partial charge on any atom is 0.295 e. The van der Waals surface area contributed by atoms with Crippen LogP contribution < -0.4 is 4.74 Å². The Balaban J connectivity index is 2.15. The van der Waals surface area contributed by atoms with Crippen LogP contribution in [0.2, 0.25) is 0 Å². The second kappa shape index (κ2) is 9.19. The summed E-state index contributed by atoms with van der Waals surface area (Å²) in [7, 11) is 5.22. The lowest BCUT2D eigenvalue weighted by molar-refractivity contribution is -0.384. The molecule has 1 amide bonds. The van der Waals surface area contributed by atoms with Gasteiger partial charge in [0.15, 0.2) is 0 Å². The topological polar surface area (TPSA) is 113 Å². The molecule has 2 aromatic rings. The van der Waals surface area contributed by atoms with Crippen molar-refractivity contribution in [1.29, 1.82) is 0 Å². The predicted octanol–water partition coefficient (Wildman–Crippen LogP) is 2.90. The molecule has 0 aliphatic carbocycles. The Morgan fingerprint density at radius 2 is 1.84 bits per heavy atom. The molecule has 1 atom stereocenters. The molecule has 1 fully saturated rings. The summed E-state index contributed by atoms with van der Waals surface area (Å²) in [4.78, 5) is 39.7. The molecule has 32 heavy (non-hydrogen) atoms. The largest absolute Gasteiger partial charge is 0.507 e. The van der Waals surface area contributed by atoms with Crippen molar-refractivity contribution < 1.29 is 24.4 Å². The standard InChI is InChI=1S/C23H25N3O6/c1-14-13-16(7-10-18(14)32-4)21(27)19-20(15-5-8-17(9-6-15)26(30)31)25(12-11-24(2)3)23(29)22(19)28/h5-10,13,20,27H,11-12H2,1-4H3/t20-/m0/s1. The van der Waals surface area contributed by atoms with Crippen LogP contribution in [0.4, 0.5) is 5.69 Å². The quantitative estimate of drug-likeness (QED) is 0.232. The van der Waals surface area contributed by atoms with E-state index in [4.69, 9.17) is 4.74 Å². The molecule has 9 heteroatoms. The van der Waals surface area contributed by atoms with Crippen molar-refractivity contribution in [1.82, 2.24) is 9.80 Å². The normalized spacial score (nSPS) is 17.8. The number of likely N-dealkylation sites (tertiary alicyclic amines) is 1. The molecular weight excluding hydrogens is 414 g/mol. The van der Waals surface area contributed by atoms with Crippen molar-refractivity contribution in [3.63, 3.8) is 0 Å². The molecular formula is C23H25N3O6. The zero-order valence-electron chi connectivity index (χ0n) is 18.4. The number of Topliss-reactive ketones (excluding diaryl/α,β-unsaturated/α-hetero) is 1. The first-order valence-electron chi connectivity index (χ1n) is 9.98. The van der Waals surface area contributed by atoms with E-state index < -0.39 is 22.7 Å². The number of nitro benzene ring substituents is 1. The summed E-state index contributed by atoms with van der Waals surface area (Å²) >= 11 is 0. The summed E-state index contributed by atoms with van der Waals surface area (Å²) in [6, 6.07) is 9.74. The first-order valence-corrected chi connectivity index (χ1v) is 9.98. The highest BCUT2D eigenvalue weighted by Crippen LogP contribution is 2.40. The van der Waals surface area contributed by atoms with Gasteiger partial charge in [-0.05, 0) is 62.5 Å². The van der Waals surface area contributed by atoms with E-state index in [2.05, 4.69) is 0 Å². The third-order valence-electron chi connectivity index (χ3n) is 5.42. The molecule has 1 heterocycles. The average molecular weight is 439 g/mol. The first-order chi connectivity index (χ1) is 15.1. The van der Waals surface area contributed by atoms with Crippen molar-refractivity contribution >= 4 is 23.1 Å². The van der Waals surface area contributed by atoms with E-state index >= 15 is 0 Å². The number of benzene rings is 2. The van der Waals surface area contributed by atoms with Gasteiger partial charge in [-0.2, -0.15) is 0 Å². The van der Waals surface area contributed by atoms with Crippen LogP contribution >= 0.6 is 0 Å². The Morgan fingerprint density at radius 3 is 2.38 bits per heavy atom. The molecule has 1 saturated heterocycles. The fraction of sp³-hybridized carbons (Fsp3) is 0.304. The van der Waals surface area contributed by atoms with Crippen LogP contribution in [0.3, 0.4) is 0 Å². The number of aliphatic hydroxyl groups excluding tert-OH is 1. The monoisotopic (exact) mass is 439 g/mol. The lowest BCUT2D eigenvalue weighted by Gasteiger charge is -2.26. The molecule has 3 rings (SSSR count). The highest BCUT2D eigenvalue weighted by atomic mass is 16.6. The van der Waals surface area contributed by atoms with E-state index in [0.29, 0.717) is 23.4 Å². The lowest BCUT2D eigenvalue weighted by Crippen LogP contribution is -2.35. The number of nitro groups is 1. The number of ketones is 1. The second-order valence-corrected chi connectivity index (χ2v) is 7.83. The number of carbonyl (C=O) groups excluding carboxylic acids is 2. The van der Waals surface area contributed by atoms with Crippen LogP contribution in [-0.4, -0.2) is 65.8 Å². The number of non-ortho nitro benzene ring substituents is 1. The van der Waals surface area contributed by atoms with E-state index in [1.807, 2.05) is 19.0 Å². The highest BCUT2D eigenvalue weighted by molar-refractivity contribution is 6.46. The molecule has 0 aromatic heterocycles. The van der Waals surface area contributed by atoms with E-state index in [9.17, 15) is 24.8 Å². The summed E-state index contributed by atoms with van der Waals surface area (Å²) in [5, 5.41) is 22.1. The van der Waals surface area contributed by atoms with Gasteiger partial charge in [0.2, 0.25) is 0 Å². The molecule has 0 unspecified atom stereocenters. The van der Waals surface area contributed by atoms with Gasteiger partial charge in [-0.15, -0.1) is 0 Å². The third-order valence-corrected chi connectivity index (χ3v) is 5.42. The summed E-state index contributed by atoms with van der Waals surface area (Å²) < 4.78 is 5.25. The number of hydrogen-bond acceptors (Lipinski definition) is 7. The molecule has 1 aliphatic rings. The van der Waals surface area contributed by atoms with Crippen molar-refractivity contribution in [2.24, 2.45) is 0 Å². The molecule has 0 bridgehead atoms. The number of rotatable bonds is 7. The predicted molar refractivity (Wildman–Crippen MR) is 118 cm³/mol. The SMILES string of the molecule is COc1ccc(C(O)=C2C(=O)C(=O)N(CCN(C)C)[C@H]2c2ccc([N+](=O)[O-])cc2)cc1C. The number of ether oxygens (including phenoxy) is 1. The first kappa shape index (κ1) is 23.0. The maximum absolute atomic E-state index is 13.0. The molecule has 168 valence electrons. The van der Waals surface area contributed by atoms with Crippen LogP contribution in [-0.2, 0) is 9.59 Å². The number of carbonyl (C=O) groups is 2. The van der Waals surface area contributed by atoms with Gasteiger partial charge in [0.05, 0.1) is 23.6 Å². The van der Waals surface area contributed by atoms with Crippen LogP contribution in [0.25, 0.3) is 5.76 Å². The summed E-state index contributed by atoms with van der Waals surface area (Å²) in [6.45, 7) is 2.55. The van der Waals surface area contributed by atoms with E-state index in [0.717, 1.165) is 5.56 Å². The molecule has 2 aromatic carbocycles. The second-order valence-electron chi connectivity index (χ2n) is 7.83. The molecule has 9 nitrogen and oxygen atoms in total. The molecule has 0 saturated carbocycles. The maximum atomic E-state index is 13.0. The van der Waals surface area contributed by atoms with Gasteiger partial charge in [0, 0.05) is 30.8 Å². The molecule has 0 radical (unpaired) electrons. The number of methoxy groups -OCH3 is 1. The summed E-state index contributed by atoms with van der Waals surface area (Å²) in [6.07, 6.45) is 0. The smallest absolute Gasteiger partial charge is 0.295 e. The van der Waals surface area contributed by atoms with Gasteiger partial charge in [0.1, 0.15) is 11.5 Å². The van der Waals surface area contributed by atoms with E-state index in [-0.39, 0.29) is 23.6 Å². The molecule has 1 aliphatic heterocycles. The highest BCUT2D eigenvalue weighted by Gasteiger charge is 2.46. The van der Waals surface area contributed by atoms with Gasteiger partial charge >= 0.3 is 0 Å². The van der Waals surface area contributed by atoms with Crippen molar-refractivity contribution in [2.75, 3.05) is 34.3 Å². The Kier molecular flexibility index (Phi) is 6.59. The van der Waals surface area contributed by atoms with Crippen LogP contribution in [0.1, 0.15) is 22.7 Å². The van der Waals surface area contributed by atoms with Crippen molar-refractivity contribution in [3.8, 4) is 5.75 Å². The summed E-state index contributed by atoms with van der Waals surface area (Å²) in [5.74, 6) is -1.19. The van der Waals surface area contributed by atoms with Crippen LogP contribution in [0, 0.1) is 17.0 Å². The average Bonchev–Trinajstić information content (AvgIpc) is 3.01. The fourth-order valence-corrected chi connectivity index (χ4v) is 3.72. The zero-order chi connectivity index (χ0) is 23.6.